The minimum Gasteiger partial charge on any atom is -0.504 e. The summed E-state index contributed by atoms with van der Waals surface area (Å²) in [5.41, 5.74) is 3.40. The number of hydrogen-bond donors (Lipinski definition) is 2. The molecular weight excluding hydrogens is 390 g/mol. The van der Waals surface area contributed by atoms with Gasteiger partial charge in [0, 0.05) is 0 Å². The number of nitrogens with zero attached hydrogens (tertiary/aromatic N) is 1. The molecule has 0 spiro atoms. The quantitative estimate of drug-likeness (QED) is 0.578. The molecule has 6 heteroatoms. The number of hydrogen-bond acceptors (Lipinski definition) is 5. The summed E-state index contributed by atoms with van der Waals surface area (Å²) in [5, 5.41) is 19.3. The van der Waals surface area contributed by atoms with Gasteiger partial charge >= 0.3 is 0 Å². The van der Waals surface area contributed by atoms with Gasteiger partial charge in [0.2, 0.25) is 0 Å². The summed E-state index contributed by atoms with van der Waals surface area (Å²) >= 11 is 0. The molecule has 0 saturated heterocycles. The first-order valence-corrected chi connectivity index (χ1v) is 8.66. The van der Waals surface area contributed by atoms with Crippen LogP contribution in [0, 0.1) is 0 Å². The highest BCUT2D eigenvalue weighted by Gasteiger charge is 2.02. The van der Waals surface area contributed by atoms with Crippen LogP contribution >= 0.6 is 12.4 Å². The number of phenolic OH excluding ortho intramolecular Hbond substituents is 2. The van der Waals surface area contributed by atoms with Crippen LogP contribution in [-0.4, -0.2) is 29.4 Å². The third kappa shape index (κ3) is 5.77. The Kier molecular flexibility index (Phi) is 7.69. The van der Waals surface area contributed by atoms with Gasteiger partial charge in [-0.05, 0) is 59.7 Å². The van der Waals surface area contributed by atoms with Crippen LogP contribution in [0.4, 0.5) is 0 Å². The lowest BCUT2D eigenvalue weighted by atomic mass is 10.1. The maximum Gasteiger partial charge on any atom is 0.161 e. The van der Waals surface area contributed by atoms with E-state index >= 15 is 0 Å². The molecule has 1 heterocycles. The van der Waals surface area contributed by atoms with Gasteiger partial charge in [-0.3, -0.25) is 0 Å². The van der Waals surface area contributed by atoms with E-state index < -0.39 is 0 Å². The first kappa shape index (κ1) is 21.9. The molecule has 0 saturated carbocycles. The summed E-state index contributed by atoms with van der Waals surface area (Å²) in [4.78, 5) is 4.59. The molecule has 0 radical (unpaired) electrons. The van der Waals surface area contributed by atoms with Gasteiger partial charge in [-0.15, -0.1) is 12.4 Å². The molecule has 0 unspecified atom stereocenters. The number of benzene rings is 2. The van der Waals surface area contributed by atoms with Crippen molar-refractivity contribution in [2.24, 2.45) is 0 Å². The van der Waals surface area contributed by atoms with Gasteiger partial charge in [0.05, 0.1) is 25.6 Å². The second kappa shape index (κ2) is 10.2. The molecule has 0 aliphatic carbocycles. The van der Waals surface area contributed by atoms with Crippen molar-refractivity contribution in [2.75, 3.05) is 14.2 Å². The molecule has 29 heavy (non-hydrogen) atoms. The van der Waals surface area contributed by atoms with E-state index in [9.17, 15) is 10.2 Å². The Bertz CT molecular complexity index is 952. The molecule has 3 rings (SSSR count). The van der Waals surface area contributed by atoms with Crippen molar-refractivity contribution in [3.63, 3.8) is 0 Å². The van der Waals surface area contributed by atoms with Crippen LogP contribution in [0.1, 0.15) is 22.5 Å². The predicted molar refractivity (Wildman–Crippen MR) is 119 cm³/mol. The zero-order chi connectivity index (χ0) is 19.9. The van der Waals surface area contributed by atoms with Crippen LogP contribution < -0.4 is 9.47 Å². The average molecular weight is 412 g/mol. The van der Waals surface area contributed by atoms with Gasteiger partial charge in [0.1, 0.15) is 0 Å². The maximum absolute atomic E-state index is 9.67. The molecule has 0 bridgehead atoms. The van der Waals surface area contributed by atoms with E-state index in [1.807, 2.05) is 42.5 Å². The predicted octanol–water partition coefficient (Wildman–Crippen LogP) is 5.27. The molecular formula is C23H22ClNO4. The summed E-state index contributed by atoms with van der Waals surface area (Å²) in [5.74, 6) is 1.07. The zero-order valence-electron chi connectivity index (χ0n) is 16.1. The van der Waals surface area contributed by atoms with Crippen molar-refractivity contribution in [1.82, 2.24) is 4.98 Å². The van der Waals surface area contributed by atoms with Crippen LogP contribution in [-0.2, 0) is 0 Å². The smallest absolute Gasteiger partial charge is 0.161 e. The lowest BCUT2D eigenvalue weighted by Crippen LogP contribution is -1.86. The van der Waals surface area contributed by atoms with Crippen molar-refractivity contribution in [1.29, 1.82) is 0 Å². The molecule has 2 N–H and O–H groups in total. The minimum absolute atomic E-state index is 0. The van der Waals surface area contributed by atoms with Crippen molar-refractivity contribution in [3.05, 3.63) is 77.1 Å². The molecule has 0 aliphatic rings. The van der Waals surface area contributed by atoms with Crippen molar-refractivity contribution >= 4 is 36.7 Å². The number of aromatic hydroxyl groups is 2. The lowest BCUT2D eigenvalue weighted by molar-refractivity contribution is 0.373. The Morgan fingerprint density at radius 3 is 1.55 bits per heavy atom. The van der Waals surface area contributed by atoms with E-state index in [2.05, 4.69) is 4.98 Å². The summed E-state index contributed by atoms with van der Waals surface area (Å²) in [6.07, 6.45) is 7.60. The molecule has 5 nitrogen and oxygen atoms in total. The number of pyridine rings is 1. The van der Waals surface area contributed by atoms with Crippen LogP contribution in [0.5, 0.6) is 23.0 Å². The highest BCUT2D eigenvalue weighted by molar-refractivity contribution is 5.85. The van der Waals surface area contributed by atoms with Crippen molar-refractivity contribution in [3.8, 4) is 23.0 Å². The van der Waals surface area contributed by atoms with E-state index in [-0.39, 0.29) is 23.9 Å². The molecule has 150 valence electrons. The number of ether oxygens (including phenoxy) is 2. The summed E-state index contributed by atoms with van der Waals surface area (Å²) in [6, 6.07) is 16.1. The standard InChI is InChI=1S/C23H21NO4.ClH/c1-27-22-14-16(8-12-20(22)25)6-10-18-4-3-5-19(24-18)11-7-17-9-13-21(26)23(15-17)28-2;/h3-15,25-26H,1-2H3;1H/b10-6+,11-7+;. The fourth-order valence-corrected chi connectivity index (χ4v) is 2.61. The van der Waals surface area contributed by atoms with Crippen molar-refractivity contribution < 1.29 is 19.7 Å². The maximum atomic E-state index is 9.67. The molecule has 1 aromatic heterocycles. The van der Waals surface area contributed by atoms with Gasteiger partial charge in [0.15, 0.2) is 23.0 Å². The lowest BCUT2D eigenvalue weighted by Gasteiger charge is -2.04. The fraction of sp³-hybridized carbons (Fsp3) is 0.0870. The summed E-state index contributed by atoms with van der Waals surface area (Å²) in [6.45, 7) is 0. The van der Waals surface area contributed by atoms with E-state index in [1.165, 1.54) is 14.2 Å². The second-order valence-electron chi connectivity index (χ2n) is 6.02. The topological polar surface area (TPSA) is 71.8 Å². The van der Waals surface area contributed by atoms with E-state index in [4.69, 9.17) is 9.47 Å². The van der Waals surface area contributed by atoms with Crippen LogP contribution in [0.2, 0.25) is 0 Å². The van der Waals surface area contributed by atoms with E-state index in [0.29, 0.717) is 11.5 Å². The molecule has 2 aromatic carbocycles. The third-order valence-corrected chi connectivity index (χ3v) is 4.09. The summed E-state index contributed by atoms with van der Waals surface area (Å²) in [7, 11) is 3.03. The van der Waals surface area contributed by atoms with Gasteiger partial charge < -0.3 is 19.7 Å². The van der Waals surface area contributed by atoms with Gasteiger partial charge in [-0.25, -0.2) is 4.98 Å². The Morgan fingerprint density at radius 1 is 0.690 bits per heavy atom. The second-order valence-corrected chi connectivity index (χ2v) is 6.02. The van der Waals surface area contributed by atoms with Gasteiger partial charge in [-0.1, -0.05) is 30.4 Å². The highest BCUT2D eigenvalue weighted by atomic mass is 35.5. The number of phenols is 2. The first-order valence-electron chi connectivity index (χ1n) is 8.66. The molecule has 0 aliphatic heterocycles. The van der Waals surface area contributed by atoms with Crippen LogP contribution in [0.3, 0.4) is 0 Å². The van der Waals surface area contributed by atoms with Crippen LogP contribution in [0.15, 0.2) is 54.6 Å². The average Bonchev–Trinajstić information content (AvgIpc) is 2.73. The largest absolute Gasteiger partial charge is 0.504 e. The van der Waals surface area contributed by atoms with E-state index in [0.717, 1.165) is 22.5 Å². The monoisotopic (exact) mass is 411 g/mol. The normalized spacial score (nSPS) is 10.8. The molecule has 0 amide bonds. The Labute approximate surface area is 176 Å². The van der Waals surface area contributed by atoms with Crippen LogP contribution in [0.25, 0.3) is 24.3 Å². The van der Waals surface area contributed by atoms with Crippen molar-refractivity contribution in [2.45, 2.75) is 0 Å². The van der Waals surface area contributed by atoms with Gasteiger partial charge in [0.25, 0.3) is 0 Å². The Morgan fingerprint density at radius 2 is 1.14 bits per heavy atom. The zero-order valence-corrected chi connectivity index (χ0v) is 16.9. The molecule has 3 aromatic rings. The third-order valence-electron chi connectivity index (χ3n) is 4.09. The number of aromatic nitrogens is 1. The minimum atomic E-state index is 0. The highest BCUT2D eigenvalue weighted by Crippen LogP contribution is 2.28. The first-order chi connectivity index (χ1) is 13.6. The number of halogens is 1. The number of methoxy groups -OCH3 is 2. The molecule has 0 atom stereocenters. The van der Waals surface area contributed by atoms with E-state index in [1.54, 1.807) is 36.4 Å². The summed E-state index contributed by atoms with van der Waals surface area (Å²) < 4.78 is 10.2. The fourth-order valence-electron chi connectivity index (χ4n) is 2.61. The SMILES string of the molecule is COc1cc(/C=C/c2cccc(/C=C/c3ccc(O)c(OC)c3)n2)ccc1O.Cl. The molecule has 0 fully saturated rings. The Hall–Kier alpha value is -3.44. The number of rotatable bonds is 6. The Balaban J connectivity index is 0.00000300. The van der Waals surface area contributed by atoms with Gasteiger partial charge in [-0.2, -0.15) is 0 Å².